The number of piperidine rings is 1. The van der Waals surface area contributed by atoms with Crippen LogP contribution in [-0.2, 0) is 19.1 Å². The molecule has 114 valence electrons. The molecule has 0 aromatic heterocycles. The van der Waals surface area contributed by atoms with Crippen molar-refractivity contribution >= 4 is 17.8 Å². The van der Waals surface area contributed by atoms with Gasteiger partial charge in [0.25, 0.3) is 0 Å². The van der Waals surface area contributed by atoms with Crippen molar-refractivity contribution in [3.05, 3.63) is 0 Å². The van der Waals surface area contributed by atoms with E-state index in [-0.39, 0.29) is 31.6 Å². The van der Waals surface area contributed by atoms with Crippen LogP contribution in [-0.4, -0.2) is 72.6 Å². The van der Waals surface area contributed by atoms with E-state index in [1.807, 2.05) is 0 Å². The second-order valence-corrected chi connectivity index (χ2v) is 4.79. The van der Waals surface area contributed by atoms with Crippen molar-refractivity contribution in [1.29, 1.82) is 0 Å². The van der Waals surface area contributed by atoms with Gasteiger partial charge in [-0.3, -0.25) is 14.4 Å². The van der Waals surface area contributed by atoms with Crippen LogP contribution >= 0.6 is 0 Å². The summed E-state index contributed by atoms with van der Waals surface area (Å²) in [5, 5.41) is 8.77. The van der Waals surface area contributed by atoms with Gasteiger partial charge in [0.2, 0.25) is 0 Å². The third-order valence-corrected chi connectivity index (χ3v) is 3.29. The molecule has 7 heteroatoms. The fraction of sp³-hybridized carbons (Fsp3) is 0.769. The quantitative estimate of drug-likeness (QED) is 0.542. The lowest BCUT2D eigenvalue weighted by atomic mass is 9.98. The molecule has 0 saturated carbocycles. The second kappa shape index (κ2) is 7.84. The molecule has 7 nitrogen and oxygen atoms in total. The molecular weight excluding hydrogens is 264 g/mol. The first-order valence-electron chi connectivity index (χ1n) is 6.83. The third-order valence-electron chi connectivity index (χ3n) is 3.29. The van der Waals surface area contributed by atoms with E-state index in [0.29, 0.717) is 26.0 Å². The molecule has 0 bridgehead atoms. The number of carbonyl (C=O) groups is 3. The van der Waals surface area contributed by atoms with E-state index < -0.39 is 11.8 Å². The van der Waals surface area contributed by atoms with Gasteiger partial charge in [0.1, 0.15) is 0 Å². The van der Waals surface area contributed by atoms with Crippen LogP contribution in [0, 0.1) is 5.92 Å². The van der Waals surface area contributed by atoms with Crippen LogP contribution in [0.5, 0.6) is 0 Å². The molecule has 0 spiro atoms. The van der Waals surface area contributed by atoms with Gasteiger partial charge in [-0.05, 0) is 19.8 Å². The van der Waals surface area contributed by atoms with Gasteiger partial charge >= 0.3 is 17.8 Å². The molecule has 1 aliphatic rings. The molecule has 1 aliphatic heterocycles. The third kappa shape index (κ3) is 4.19. The van der Waals surface area contributed by atoms with Crippen LogP contribution in [0.1, 0.15) is 19.8 Å². The maximum Gasteiger partial charge on any atom is 0.312 e. The van der Waals surface area contributed by atoms with Gasteiger partial charge in [-0.2, -0.15) is 0 Å². The highest BCUT2D eigenvalue weighted by atomic mass is 16.5. The normalized spacial score (nSPS) is 18.6. The Morgan fingerprint density at radius 1 is 1.40 bits per heavy atom. The molecule has 1 saturated heterocycles. The van der Waals surface area contributed by atoms with Crippen LogP contribution in [0.15, 0.2) is 0 Å². The predicted octanol–water partition coefficient (Wildman–Crippen LogP) is -0.761. The number of amides is 2. The van der Waals surface area contributed by atoms with Gasteiger partial charge in [0, 0.05) is 26.7 Å². The molecule has 1 unspecified atom stereocenters. The van der Waals surface area contributed by atoms with Crippen molar-refractivity contribution in [2.24, 2.45) is 5.92 Å². The van der Waals surface area contributed by atoms with Crippen LogP contribution < -0.4 is 0 Å². The lowest BCUT2D eigenvalue weighted by Crippen LogP contribution is -2.49. The maximum absolute atomic E-state index is 12.0. The molecule has 0 aromatic rings. The van der Waals surface area contributed by atoms with Crippen molar-refractivity contribution in [2.45, 2.75) is 19.8 Å². The van der Waals surface area contributed by atoms with Gasteiger partial charge < -0.3 is 19.6 Å². The molecule has 0 radical (unpaired) electrons. The van der Waals surface area contributed by atoms with Crippen LogP contribution in [0.2, 0.25) is 0 Å². The van der Waals surface area contributed by atoms with Crippen molar-refractivity contribution < 1.29 is 24.2 Å². The van der Waals surface area contributed by atoms with E-state index in [0.717, 1.165) is 0 Å². The largest absolute Gasteiger partial charge is 0.466 e. The highest BCUT2D eigenvalue weighted by Crippen LogP contribution is 2.18. The van der Waals surface area contributed by atoms with E-state index in [2.05, 4.69) is 0 Å². The lowest BCUT2D eigenvalue weighted by Gasteiger charge is -2.31. The molecule has 1 atom stereocenters. The monoisotopic (exact) mass is 286 g/mol. The summed E-state index contributed by atoms with van der Waals surface area (Å²) < 4.78 is 4.95. The average Bonchev–Trinajstić information content (AvgIpc) is 2.46. The Morgan fingerprint density at radius 2 is 2.10 bits per heavy atom. The molecule has 20 heavy (non-hydrogen) atoms. The molecule has 1 N–H and O–H groups in total. The SMILES string of the molecule is CCOC(=O)C1CCCN(C(=O)C(=O)N(C)CCO)C1. The number of likely N-dealkylation sites (N-methyl/N-ethyl adjacent to an activating group) is 1. The maximum atomic E-state index is 12.0. The van der Waals surface area contributed by atoms with Gasteiger partial charge in [0.15, 0.2) is 0 Å². The molecule has 1 fully saturated rings. The first kappa shape index (κ1) is 16.4. The first-order chi connectivity index (χ1) is 9.51. The Bertz CT molecular complexity index is 372. The average molecular weight is 286 g/mol. The van der Waals surface area contributed by atoms with Crippen LogP contribution in [0.25, 0.3) is 0 Å². The Hall–Kier alpha value is -1.63. The topological polar surface area (TPSA) is 87.2 Å². The number of nitrogens with zero attached hydrogens (tertiary/aromatic N) is 2. The zero-order chi connectivity index (χ0) is 15.1. The minimum atomic E-state index is -0.663. The highest BCUT2D eigenvalue weighted by molar-refractivity contribution is 6.34. The Kier molecular flexibility index (Phi) is 6.44. The Morgan fingerprint density at radius 3 is 2.70 bits per heavy atom. The van der Waals surface area contributed by atoms with Gasteiger partial charge in [-0.15, -0.1) is 0 Å². The fourth-order valence-corrected chi connectivity index (χ4v) is 2.16. The number of rotatable bonds is 4. The van der Waals surface area contributed by atoms with E-state index in [1.54, 1.807) is 6.92 Å². The lowest BCUT2D eigenvalue weighted by molar-refractivity contribution is -0.156. The number of aliphatic hydroxyl groups is 1. The molecular formula is C13H22N2O5. The highest BCUT2D eigenvalue weighted by Gasteiger charge is 2.32. The van der Waals surface area contributed by atoms with Gasteiger partial charge in [-0.1, -0.05) is 0 Å². The van der Waals surface area contributed by atoms with Gasteiger partial charge in [0.05, 0.1) is 19.1 Å². The van der Waals surface area contributed by atoms with Crippen molar-refractivity contribution in [3.63, 3.8) is 0 Å². The number of aliphatic hydroxyl groups excluding tert-OH is 1. The molecule has 1 rings (SSSR count). The molecule has 2 amide bonds. The summed E-state index contributed by atoms with van der Waals surface area (Å²) in [4.78, 5) is 38.1. The zero-order valence-corrected chi connectivity index (χ0v) is 12.0. The zero-order valence-electron chi connectivity index (χ0n) is 12.0. The summed E-state index contributed by atoms with van der Waals surface area (Å²) in [6, 6.07) is 0. The van der Waals surface area contributed by atoms with E-state index in [9.17, 15) is 14.4 Å². The summed E-state index contributed by atoms with van der Waals surface area (Å²) in [6.45, 7) is 2.64. The van der Waals surface area contributed by atoms with Crippen molar-refractivity contribution in [3.8, 4) is 0 Å². The van der Waals surface area contributed by atoms with E-state index in [4.69, 9.17) is 9.84 Å². The van der Waals surface area contributed by atoms with Crippen LogP contribution in [0.3, 0.4) is 0 Å². The predicted molar refractivity (Wildman–Crippen MR) is 70.7 cm³/mol. The Labute approximate surface area is 118 Å². The van der Waals surface area contributed by atoms with Gasteiger partial charge in [-0.25, -0.2) is 0 Å². The molecule has 1 heterocycles. The van der Waals surface area contributed by atoms with Crippen molar-refractivity contribution in [2.75, 3.05) is 39.9 Å². The number of ether oxygens (including phenoxy) is 1. The summed E-state index contributed by atoms with van der Waals surface area (Å²) in [7, 11) is 1.46. The number of hydrogen-bond donors (Lipinski definition) is 1. The van der Waals surface area contributed by atoms with Crippen LogP contribution in [0.4, 0.5) is 0 Å². The summed E-state index contributed by atoms with van der Waals surface area (Å²) >= 11 is 0. The number of esters is 1. The summed E-state index contributed by atoms with van der Waals surface area (Å²) in [6.07, 6.45) is 1.34. The first-order valence-corrected chi connectivity index (χ1v) is 6.83. The van der Waals surface area contributed by atoms with Crippen molar-refractivity contribution in [1.82, 2.24) is 9.80 Å². The molecule has 0 aromatic carbocycles. The minimum absolute atomic E-state index is 0.111. The number of likely N-dealkylation sites (tertiary alicyclic amines) is 1. The summed E-state index contributed by atoms with van der Waals surface area (Å²) in [5.74, 6) is -1.97. The van der Waals surface area contributed by atoms with E-state index >= 15 is 0 Å². The summed E-state index contributed by atoms with van der Waals surface area (Å²) in [5.41, 5.74) is 0. The second-order valence-electron chi connectivity index (χ2n) is 4.79. The standard InChI is InChI=1S/C13H22N2O5/c1-3-20-13(19)10-5-4-6-15(9-10)12(18)11(17)14(2)7-8-16/h10,16H,3-9H2,1-2H3. The minimum Gasteiger partial charge on any atom is -0.466 e. The fourth-order valence-electron chi connectivity index (χ4n) is 2.16. The number of hydrogen-bond acceptors (Lipinski definition) is 5. The number of carbonyl (C=O) groups excluding carboxylic acids is 3. The molecule has 0 aliphatic carbocycles. The van der Waals surface area contributed by atoms with E-state index in [1.165, 1.54) is 16.8 Å². The smallest absolute Gasteiger partial charge is 0.312 e. The Balaban J connectivity index is 2.60.